The van der Waals surface area contributed by atoms with Gasteiger partial charge < -0.3 is 0 Å². The van der Waals surface area contributed by atoms with Crippen LogP contribution in [0.1, 0.15) is 23.7 Å². The summed E-state index contributed by atoms with van der Waals surface area (Å²) in [5.74, 6) is 0.0908. The maximum absolute atomic E-state index is 11.5. The molecule has 0 N–H and O–H groups in total. The average molecular weight is 159 g/mol. The Morgan fingerprint density at radius 3 is 2.75 bits per heavy atom. The molecule has 2 nitrogen and oxygen atoms in total. The van der Waals surface area contributed by atoms with E-state index in [1.165, 1.54) is 0 Å². The van der Waals surface area contributed by atoms with E-state index in [-0.39, 0.29) is 5.78 Å². The molecule has 0 fully saturated rings. The van der Waals surface area contributed by atoms with Crippen molar-refractivity contribution in [3.63, 3.8) is 0 Å². The van der Waals surface area contributed by atoms with E-state index < -0.39 is 0 Å². The van der Waals surface area contributed by atoms with E-state index in [1.807, 2.05) is 31.2 Å². The van der Waals surface area contributed by atoms with Gasteiger partial charge in [0.1, 0.15) is 0 Å². The van der Waals surface area contributed by atoms with Crippen LogP contribution >= 0.6 is 0 Å². The van der Waals surface area contributed by atoms with Gasteiger partial charge in [0, 0.05) is 5.56 Å². The van der Waals surface area contributed by atoms with Crippen molar-refractivity contribution in [2.75, 3.05) is 0 Å². The second-order valence-corrected chi connectivity index (χ2v) is 2.76. The van der Waals surface area contributed by atoms with E-state index in [0.29, 0.717) is 12.1 Å². The van der Waals surface area contributed by atoms with Crippen LogP contribution in [0.3, 0.4) is 0 Å². The van der Waals surface area contributed by atoms with Crippen molar-refractivity contribution in [1.29, 1.82) is 0 Å². The average Bonchev–Trinajstić information content (AvgIpc) is 2.44. The Bertz CT molecular complexity index is 366. The molecule has 0 amide bonds. The lowest BCUT2D eigenvalue weighted by atomic mass is 10.1. The summed E-state index contributed by atoms with van der Waals surface area (Å²) >= 11 is 0. The molecule has 0 radical (unpaired) electrons. The first-order valence-electron chi connectivity index (χ1n) is 4.04. The SMILES string of the molecule is CCC1=Nc2ccccc2C1=O. The number of hydrogen-bond donors (Lipinski definition) is 0. The minimum absolute atomic E-state index is 0.0908. The number of ketones is 1. The van der Waals surface area contributed by atoms with Gasteiger partial charge in [-0.3, -0.25) is 4.79 Å². The molecular formula is C10H9NO. The topological polar surface area (TPSA) is 29.4 Å². The summed E-state index contributed by atoms with van der Waals surface area (Å²) in [5, 5.41) is 0. The molecular weight excluding hydrogens is 150 g/mol. The van der Waals surface area contributed by atoms with Gasteiger partial charge >= 0.3 is 0 Å². The van der Waals surface area contributed by atoms with Gasteiger partial charge in [0.25, 0.3) is 0 Å². The number of aliphatic imine (C=N–C) groups is 1. The van der Waals surface area contributed by atoms with Gasteiger partial charge in [-0.25, -0.2) is 4.99 Å². The molecule has 0 aromatic heterocycles. The highest BCUT2D eigenvalue weighted by atomic mass is 16.1. The van der Waals surface area contributed by atoms with E-state index >= 15 is 0 Å². The van der Waals surface area contributed by atoms with Crippen LogP contribution in [0.25, 0.3) is 0 Å². The van der Waals surface area contributed by atoms with Gasteiger partial charge in [-0.05, 0) is 18.6 Å². The summed E-state index contributed by atoms with van der Waals surface area (Å²) in [6, 6.07) is 7.46. The smallest absolute Gasteiger partial charge is 0.209 e. The second-order valence-electron chi connectivity index (χ2n) is 2.76. The van der Waals surface area contributed by atoms with E-state index in [9.17, 15) is 4.79 Å². The normalized spacial score (nSPS) is 14.4. The highest BCUT2D eigenvalue weighted by molar-refractivity contribution is 6.49. The minimum Gasteiger partial charge on any atom is -0.287 e. The number of para-hydroxylation sites is 1. The zero-order valence-electron chi connectivity index (χ0n) is 6.87. The maximum atomic E-state index is 11.5. The zero-order valence-corrected chi connectivity index (χ0v) is 6.87. The van der Waals surface area contributed by atoms with Crippen molar-refractivity contribution in [1.82, 2.24) is 0 Å². The lowest BCUT2D eigenvalue weighted by molar-refractivity contribution is 0.106. The zero-order chi connectivity index (χ0) is 8.55. The van der Waals surface area contributed by atoms with E-state index in [2.05, 4.69) is 4.99 Å². The molecule has 0 unspecified atom stereocenters. The van der Waals surface area contributed by atoms with Crippen molar-refractivity contribution in [3.8, 4) is 0 Å². The molecule has 60 valence electrons. The summed E-state index contributed by atoms with van der Waals surface area (Å²) < 4.78 is 0. The number of hydrogen-bond acceptors (Lipinski definition) is 2. The van der Waals surface area contributed by atoms with Gasteiger partial charge in [0.2, 0.25) is 5.78 Å². The molecule has 1 heterocycles. The Morgan fingerprint density at radius 1 is 1.33 bits per heavy atom. The first-order chi connectivity index (χ1) is 5.83. The van der Waals surface area contributed by atoms with Crippen LogP contribution in [0, 0.1) is 0 Å². The molecule has 0 aliphatic carbocycles. The molecule has 1 aromatic carbocycles. The summed E-state index contributed by atoms with van der Waals surface area (Å²) in [6.45, 7) is 1.95. The summed E-state index contributed by atoms with van der Waals surface area (Å²) in [7, 11) is 0. The van der Waals surface area contributed by atoms with Crippen LogP contribution in [0.4, 0.5) is 5.69 Å². The van der Waals surface area contributed by atoms with Gasteiger partial charge in [-0.2, -0.15) is 0 Å². The maximum Gasteiger partial charge on any atom is 0.209 e. The Labute approximate surface area is 70.9 Å². The fourth-order valence-electron chi connectivity index (χ4n) is 1.35. The van der Waals surface area contributed by atoms with E-state index in [0.717, 1.165) is 11.3 Å². The highest BCUT2D eigenvalue weighted by Crippen LogP contribution is 2.26. The molecule has 1 aliphatic rings. The first kappa shape index (κ1) is 7.22. The van der Waals surface area contributed by atoms with Crippen LogP contribution in [0.2, 0.25) is 0 Å². The number of carbonyl (C=O) groups is 1. The molecule has 0 atom stereocenters. The predicted octanol–water partition coefficient (Wildman–Crippen LogP) is 2.37. The van der Waals surface area contributed by atoms with Gasteiger partial charge in [0.15, 0.2) is 0 Å². The van der Waals surface area contributed by atoms with E-state index in [4.69, 9.17) is 0 Å². The standard InChI is InChI=1S/C10H9NO/c1-2-8-10(12)7-5-3-4-6-9(7)11-8/h3-6H,2H2,1H3. The Morgan fingerprint density at radius 2 is 2.08 bits per heavy atom. The van der Waals surface area contributed by atoms with Gasteiger partial charge in [-0.15, -0.1) is 0 Å². The molecule has 12 heavy (non-hydrogen) atoms. The minimum atomic E-state index is 0.0908. The third-order valence-electron chi connectivity index (χ3n) is 2.00. The second kappa shape index (κ2) is 2.55. The molecule has 2 rings (SSSR count). The Balaban J connectivity index is 2.54. The summed E-state index contributed by atoms with van der Waals surface area (Å²) in [6.07, 6.45) is 0.716. The number of Topliss-reactive ketones (excluding diaryl/α,β-unsaturated/α-hetero) is 1. The predicted molar refractivity (Wildman–Crippen MR) is 48.2 cm³/mol. The summed E-state index contributed by atoms with van der Waals surface area (Å²) in [5.41, 5.74) is 2.24. The highest BCUT2D eigenvalue weighted by Gasteiger charge is 2.21. The number of fused-ring (bicyclic) bond motifs is 1. The fourth-order valence-corrected chi connectivity index (χ4v) is 1.35. The van der Waals surface area contributed by atoms with Crippen molar-refractivity contribution < 1.29 is 4.79 Å². The fraction of sp³-hybridized carbons (Fsp3) is 0.200. The molecule has 2 heteroatoms. The van der Waals surface area contributed by atoms with Gasteiger partial charge in [-0.1, -0.05) is 19.1 Å². The monoisotopic (exact) mass is 159 g/mol. The van der Waals surface area contributed by atoms with Crippen LogP contribution in [-0.4, -0.2) is 11.5 Å². The lowest BCUT2D eigenvalue weighted by Gasteiger charge is -1.91. The molecule has 1 aliphatic heterocycles. The Hall–Kier alpha value is -1.44. The Kier molecular flexibility index (Phi) is 1.54. The van der Waals surface area contributed by atoms with E-state index in [1.54, 1.807) is 0 Å². The van der Waals surface area contributed by atoms with Crippen molar-refractivity contribution in [3.05, 3.63) is 29.8 Å². The van der Waals surface area contributed by atoms with Crippen LogP contribution < -0.4 is 0 Å². The largest absolute Gasteiger partial charge is 0.287 e. The molecule has 0 saturated carbocycles. The van der Waals surface area contributed by atoms with Crippen molar-refractivity contribution in [2.24, 2.45) is 4.99 Å². The summed E-state index contributed by atoms with van der Waals surface area (Å²) in [4.78, 5) is 15.7. The number of rotatable bonds is 1. The number of carbonyl (C=O) groups excluding carboxylic acids is 1. The molecule has 1 aromatic rings. The molecule has 0 bridgehead atoms. The third kappa shape index (κ3) is 0.881. The number of benzene rings is 1. The van der Waals surface area contributed by atoms with Crippen LogP contribution in [0.5, 0.6) is 0 Å². The number of nitrogens with zero attached hydrogens (tertiary/aromatic N) is 1. The van der Waals surface area contributed by atoms with Gasteiger partial charge in [0.05, 0.1) is 11.4 Å². The molecule has 0 spiro atoms. The molecule has 0 saturated heterocycles. The quantitative estimate of drug-likeness (QED) is 0.618. The first-order valence-corrected chi connectivity index (χ1v) is 4.04. The lowest BCUT2D eigenvalue weighted by Crippen LogP contribution is -2.07. The van der Waals surface area contributed by atoms with Crippen molar-refractivity contribution in [2.45, 2.75) is 13.3 Å². The van der Waals surface area contributed by atoms with Crippen LogP contribution in [-0.2, 0) is 0 Å². The van der Waals surface area contributed by atoms with Crippen molar-refractivity contribution >= 4 is 17.2 Å². The third-order valence-corrected chi connectivity index (χ3v) is 2.00. The van der Waals surface area contributed by atoms with Crippen LogP contribution in [0.15, 0.2) is 29.3 Å².